The van der Waals surface area contributed by atoms with Crippen LogP contribution >= 0.6 is 0 Å². The van der Waals surface area contributed by atoms with E-state index in [0.29, 0.717) is 13.1 Å². The number of benzene rings is 2. The van der Waals surface area contributed by atoms with Crippen LogP contribution in [0.3, 0.4) is 0 Å². The predicted molar refractivity (Wildman–Crippen MR) is 102 cm³/mol. The normalized spacial score (nSPS) is 16.9. The van der Waals surface area contributed by atoms with Gasteiger partial charge in [0.1, 0.15) is 5.82 Å². The van der Waals surface area contributed by atoms with E-state index in [0.717, 1.165) is 22.9 Å². The molecule has 0 spiro atoms. The van der Waals surface area contributed by atoms with E-state index in [9.17, 15) is 14.0 Å². The number of aromatic nitrogens is 1. The Morgan fingerprint density at radius 3 is 2.81 bits per heavy atom. The maximum Gasteiger partial charge on any atom is 0.229 e. The van der Waals surface area contributed by atoms with Crippen molar-refractivity contribution in [2.45, 2.75) is 12.8 Å². The molecule has 1 aliphatic heterocycles. The highest BCUT2D eigenvalue weighted by Crippen LogP contribution is 2.23. The Morgan fingerprint density at radius 2 is 1.96 bits per heavy atom. The fraction of sp³-hybridized carbons (Fsp3) is 0.238. The Balaban J connectivity index is 1.37. The van der Waals surface area contributed by atoms with Crippen molar-refractivity contribution in [3.8, 4) is 0 Å². The first-order valence-corrected chi connectivity index (χ1v) is 9.00. The van der Waals surface area contributed by atoms with Gasteiger partial charge in [-0.3, -0.25) is 9.59 Å². The summed E-state index contributed by atoms with van der Waals surface area (Å²) in [6.07, 6.45) is 2.85. The first-order chi connectivity index (χ1) is 13.1. The number of para-hydroxylation sites is 2. The molecule has 0 radical (unpaired) electrons. The SMILES string of the molecule is O=C(Nc1ccccc1F)C1CC(=O)N(CCc2c[nH]c3ccccc23)C1. The molecular weight excluding hydrogens is 345 g/mol. The molecule has 0 aliphatic carbocycles. The number of carbonyl (C=O) groups excluding carboxylic acids is 2. The molecule has 4 rings (SSSR count). The highest BCUT2D eigenvalue weighted by Gasteiger charge is 2.34. The largest absolute Gasteiger partial charge is 0.361 e. The van der Waals surface area contributed by atoms with E-state index in [-0.39, 0.29) is 23.9 Å². The quantitative estimate of drug-likeness (QED) is 0.728. The molecule has 0 bridgehead atoms. The number of H-pyrrole nitrogens is 1. The zero-order valence-electron chi connectivity index (χ0n) is 14.7. The molecule has 1 saturated heterocycles. The number of amides is 2. The average Bonchev–Trinajstić information content (AvgIpc) is 3.25. The van der Waals surface area contributed by atoms with Gasteiger partial charge in [0.2, 0.25) is 11.8 Å². The lowest BCUT2D eigenvalue weighted by atomic mass is 10.1. The van der Waals surface area contributed by atoms with E-state index in [2.05, 4.69) is 16.4 Å². The van der Waals surface area contributed by atoms with Gasteiger partial charge < -0.3 is 15.2 Å². The van der Waals surface area contributed by atoms with Crippen LogP contribution < -0.4 is 5.32 Å². The molecule has 138 valence electrons. The van der Waals surface area contributed by atoms with Crippen LogP contribution in [0.1, 0.15) is 12.0 Å². The number of anilines is 1. The molecule has 1 aromatic heterocycles. The molecule has 6 heteroatoms. The number of carbonyl (C=O) groups is 2. The molecule has 1 unspecified atom stereocenters. The van der Waals surface area contributed by atoms with Gasteiger partial charge in [0.15, 0.2) is 0 Å². The molecule has 2 N–H and O–H groups in total. The van der Waals surface area contributed by atoms with Crippen LogP contribution in [0.5, 0.6) is 0 Å². The van der Waals surface area contributed by atoms with Crippen LogP contribution in [0.15, 0.2) is 54.7 Å². The van der Waals surface area contributed by atoms with Crippen molar-refractivity contribution in [1.29, 1.82) is 0 Å². The van der Waals surface area contributed by atoms with E-state index in [1.54, 1.807) is 17.0 Å². The second kappa shape index (κ2) is 7.23. The predicted octanol–water partition coefficient (Wildman–Crippen LogP) is 3.34. The number of nitrogens with zero attached hydrogens (tertiary/aromatic N) is 1. The van der Waals surface area contributed by atoms with Gasteiger partial charge in [0.05, 0.1) is 11.6 Å². The van der Waals surface area contributed by atoms with Gasteiger partial charge in [-0.2, -0.15) is 0 Å². The van der Waals surface area contributed by atoms with Gasteiger partial charge in [0, 0.05) is 36.6 Å². The van der Waals surface area contributed by atoms with Crippen LogP contribution in [-0.2, 0) is 16.0 Å². The fourth-order valence-corrected chi connectivity index (χ4v) is 3.56. The second-order valence-corrected chi connectivity index (χ2v) is 6.82. The summed E-state index contributed by atoms with van der Waals surface area (Å²) < 4.78 is 13.7. The van der Waals surface area contributed by atoms with Crippen molar-refractivity contribution in [3.63, 3.8) is 0 Å². The minimum atomic E-state index is -0.480. The number of halogens is 1. The molecule has 27 heavy (non-hydrogen) atoms. The smallest absolute Gasteiger partial charge is 0.229 e. The Hall–Kier alpha value is -3.15. The molecule has 1 atom stereocenters. The Morgan fingerprint density at radius 1 is 1.19 bits per heavy atom. The van der Waals surface area contributed by atoms with E-state index < -0.39 is 11.7 Å². The Labute approximate surface area is 156 Å². The average molecular weight is 365 g/mol. The summed E-state index contributed by atoms with van der Waals surface area (Å²) in [5.41, 5.74) is 2.37. The van der Waals surface area contributed by atoms with Crippen molar-refractivity contribution < 1.29 is 14.0 Å². The van der Waals surface area contributed by atoms with E-state index in [1.165, 1.54) is 12.1 Å². The first kappa shape index (κ1) is 17.3. The summed E-state index contributed by atoms with van der Waals surface area (Å²) in [6, 6.07) is 14.1. The number of aromatic amines is 1. The summed E-state index contributed by atoms with van der Waals surface area (Å²) in [7, 11) is 0. The number of rotatable bonds is 5. The van der Waals surface area contributed by atoms with Crippen LogP contribution in [-0.4, -0.2) is 34.8 Å². The fourth-order valence-electron chi connectivity index (χ4n) is 3.56. The number of hydrogen-bond acceptors (Lipinski definition) is 2. The topological polar surface area (TPSA) is 65.2 Å². The minimum absolute atomic E-state index is 0.0384. The van der Waals surface area contributed by atoms with E-state index in [1.807, 2.05) is 24.4 Å². The minimum Gasteiger partial charge on any atom is -0.361 e. The molecule has 3 aromatic rings. The number of fused-ring (bicyclic) bond motifs is 1. The molecule has 5 nitrogen and oxygen atoms in total. The third-order valence-electron chi connectivity index (χ3n) is 5.04. The highest BCUT2D eigenvalue weighted by molar-refractivity contribution is 5.97. The maximum atomic E-state index is 13.7. The van der Waals surface area contributed by atoms with Crippen molar-refractivity contribution >= 4 is 28.4 Å². The van der Waals surface area contributed by atoms with Gasteiger partial charge >= 0.3 is 0 Å². The second-order valence-electron chi connectivity index (χ2n) is 6.82. The monoisotopic (exact) mass is 365 g/mol. The van der Waals surface area contributed by atoms with Gasteiger partial charge in [-0.15, -0.1) is 0 Å². The lowest BCUT2D eigenvalue weighted by Gasteiger charge is -2.16. The molecule has 2 amide bonds. The number of nitrogens with one attached hydrogen (secondary N) is 2. The van der Waals surface area contributed by atoms with Crippen LogP contribution in [0, 0.1) is 11.7 Å². The summed E-state index contributed by atoms with van der Waals surface area (Å²) in [5.74, 6) is -1.29. The summed E-state index contributed by atoms with van der Waals surface area (Å²) >= 11 is 0. The highest BCUT2D eigenvalue weighted by atomic mass is 19.1. The van der Waals surface area contributed by atoms with Crippen molar-refractivity contribution in [2.24, 2.45) is 5.92 Å². The Bertz CT molecular complexity index is 998. The molecule has 2 aromatic carbocycles. The summed E-state index contributed by atoms with van der Waals surface area (Å²) in [6.45, 7) is 0.922. The molecule has 0 saturated carbocycles. The van der Waals surface area contributed by atoms with Gasteiger partial charge in [-0.1, -0.05) is 30.3 Å². The van der Waals surface area contributed by atoms with Gasteiger partial charge in [0.25, 0.3) is 0 Å². The first-order valence-electron chi connectivity index (χ1n) is 9.00. The third-order valence-corrected chi connectivity index (χ3v) is 5.04. The van der Waals surface area contributed by atoms with Crippen LogP contribution in [0.25, 0.3) is 10.9 Å². The maximum absolute atomic E-state index is 13.7. The number of hydrogen-bond donors (Lipinski definition) is 2. The van der Waals surface area contributed by atoms with Gasteiger partial charge in [-0.05, 0) is 30.2 Å². The lowest BCUT2D eigenvalue weighted by Crippen LogP contribution is -2.30. The summed E-state index contributed by atoms with van der Waals surface area (Å²) in [5, 5.41) is 3.74. The Kier molecular flexibility index (Phi) is 4.62. The zero-order chi connectivity index (χ0) is 18.8. The molecular formula is C21H20FN3O2. The van der Waals surface area contributed by atoms with Crippen molar-refractivity contribution in [2.75, 3.05) is 18.4 Å². The lowest BCUT2D eigenvalue weighted by molar-refractivity contribution is -0.128. The molecule has 1 aliphatic rings. The van der Waals surface area contributed by atoms with Crippen LogP contribution in [0.4, 0.5) is 10.1 Å². The molecule has 2 heterocycles. The van der Waals surface area contributed by atoms with E-state index >= 15 is 0 Å². The third kappa shape index (κ3) is 3.56. The van der Waals surface area contributed by atoms with Gasteiger partial charge in [-0.25, -0.2) is 4.39 Å². The van der Waals surface area contributed by atoms with Crippen LogP contribution in [0.2, 0.25) is 0 Å². The zero-order valence-corrected chi connectivity index (χ0v) is 14.7. The van der Waals surface area contributed by atoms with E-state index in [4.69, 9.17) is 0 Å². The van der Waals surface area contributed by atoms with Crippen molar-refractivity contribution in [1.82, 2.24) is 9.88 Å². The standard InChI is InChI=1S/C21H20FN3O2/c22-17-6-2-4-8-19(17)24-21(27)15-11-20(26)25(13-15)10-9-14-12-23-18-7-3-1-5-16(14)18/h1-8,12,15,23H,9-11,13H2,(H,24,27). The summed E-state index contributed by atoms with van der Waals surface area (Å²) in [4.78, 5) is 29.6. The number of likely N-dealkylation sites (tertiary alicyclic amines) is 1. The van der Waals surface area contributed by atoms with Crippen molar-refractivity contribution in [3.05, 3.63) is 66.1 Å². The molecule has 1 fully saturated rings.